The number of aliphatic hydroxyl groups excluding tert-OH is 1. The Kier molecular flexibility index (Phi) is 6.18. The monoisotopic (exact) mass is 363 g/mol. The van der Waals surface area contributed by atoms with E-state index in [1.165, 1.54) is 18.4 Å². The molecule has 0 aromatic heterocycles. The third-order valence-electron chi connectivity index (χ3n) is 4.90. The molecular formula is C20H23Cl2NO. The van der Waals surface area contributed by atoms with E-state index in [1.807, 2.05) is 36.4 Å². The van der Waals surface area contributed by atoms with Crippen LogP contribution >= 0.6 is 23.2 Å². The Morgan fingerprint density at radius 2 is 1.46 bits per heavy atom. The van der Waals surface area contributed by atoms with E-state index >= 15 is 0 Å². The number of hydrogen-bond donors (Lipinski definition) is 1. The Hall–Kier alpha value is -1.06. The van der Waals surface area contributed by atoms with Crippen LogP contribution in [0, 0.1) is 0 Å². The number of rotatable bonds is 5. The number of benzene rings is 2. The minimum Gasteiger partial charge on any atom is -0.388 e. The van der Waals surface area contributed by atoms with Crippen LogP contribution in [0.5, 0.6) is 0 Å². The van der Waals surface area contributed by atoms with Crippen molar-refractivity contribution >= 4 is 23.2 Å². The van der Waals surface area contributed by atoms with Crippen molar-refractivity contribution in [1.82, 2.24) is 4.90 Å². The predicted octanol–water partition coefficient (Wildman–Crippen LogP) is 5.30. The number of aliphatic hydroxyl groups is 1. The lowest BCUT2D eigenvalue weighted by atomic mass is 9.89. The fraction of sp³-hybridized carbons (Fsp3) is 0.400. The van der Waals surface area contributed by atoms with Gasteiger partial charge in [-0.15, -0.1) is 0 Å². The summed E-state index contributed by atoms with van der Waals surface area (Å²) < 4.78 is 0. The van der Waals surface area contributed by atoms with Crippen molar-refractivity contribution in [2.75, 3.05) is 19.6 Å². The molecule has 1 fully saturated rings. The normalized spacial score (nSPS) is 17.8. The van der Waals surface area contributed by atoms with Gasteiger partial charge in [-0.3, -0.25) is 0 Å². The Morgan fingerprint density at radius 1 is 0.917 bits per heavy atom. The Labute approximate surface area is 154 Å². The van der Waals surface area contributed by atoms with Crippen molar-refractivity contribution in [2.45, 2.75) is 31.3 Å². The van der Waals surface area contributed by atoms with Gasteiger partial charge >= 0.3 is 0 Å². The molecule has 0 bridgehead atoms. The molecule has 1 aliphatic heterocycles. The lowest BCUT2D eigenvalue weighted by Crippen LogP contribution is -2.34. The van der Waals surface area contributed by atoms with Gasteiger partial charge in [-0.2, -0.15) is 0 Å². The maximum atomic E-state index is 10.3. The number of likely N-dealkylation sites (tertiary alicyclic amines) is 1. The first-order valence-corrected chi connectivity index (χ1v) is 9.29. The van der Waals surface area contributed by atoms with Crippen molar-refractivity contribution in [1.29, 1.82) is 0 Å². The first-order valence-electron chi connectivity index (χ1n) is 8.53. The standard InChI is InChI=1S/C20H23Cl2NO/c21-18-5-1-15(2-6-18)16-9-12-23(13-10-16)14-11-20(24)17-3-7-19(22)8-4-17/h1-8,16,20,24H,9-14H2. The zero-order chi connectivity index (χ0) is 16.9. The summed E-state index contributed by atoms with van der Waals surface area (Å²) in [6.07, 6.45) is 2.67. The summed E-state index contributed by atoms with van der Waals surface area (Å²) >= 11 is 11.9. The highest BCUT2D eigenvalue weighted by atomic mass is 35.5. The number of nitrogens with zero attached hydrogens (tertiary/aromatic N) is 1. The molecule has 0 saturated carbocycles. The molecule has 2 aromatic carbocycles. The molecular weight excluding hydrogens is 341 g/mol. The lowest BCUT2D eigenvalue weighted by molar-refractivity contribution is 0.130. The molecule has 1 heterocycles. The molecule has 24 heavy (non-hydrogen) atoms. The van der Waals surface area contributed by atoms with Gasteiger partial charge in [0.2, 0.25) is 0 Å². The van der Waals surface area contributed by atoms with Crippen molar-refractivity contribution in [3.8, 4) is 0 Å². The van der Waals surface area contributed by atoms with E-state index in [2.05, 4.69) is 17.0 Å². The number of hydrogen-bond acceptors (Lipinski definition) is 2. The molecule has 1 atom stereocenters. The minimum atomic E-state index is -0.420. The van der Waals surface area contributed by atoms with E-state index in [9.17, 15) is 5.11 Å². The fourth-order valence-corrected chi connectivity index (χ4v) is 3.63. The second-order valence-electron chi connectivity index (χ2n) is 6.52. The van der Waals surface area contributed by atoms with Gasteiger partial charge in [-0.1, -0.05) is 47.5 Å². The number of halogens is 2. The first-order chi connectivity index (χ1) is 11.6. The van der Waals surface area contributed by atoms with E-state index in [4.69, 9.17) is 23.2 Å². The molecule has 3 rings (SSSR count). The van der Waals surface area contributed by atoms with E-state index in [1.54, 1.807) is 0 Å². The van der Waals surface area contributed by atoms with E-state index < -0.39 is 6.10 Å². The molecule has 0 aliphatic carbocycles. The third kappa shape index (κ3) is 4.73. The molecule has 0 spiro atoms. The lowest BCUT2D eigenvalue weighted by Gasteiger charge is -2.32. The molecule has 128 valence electrons. The van der Waals surface area contributed by atoms with Crippen molar-refractivity contribution < 1.29 is 5.11 Å². The Morgan fingerprint density at radius 3 is 2.04 bits per heavy atom. The number of piperidine rings is 1. The molecule has 1 unspecified atom stereocenters. The van der Waals surface area contributed by atoms with Crippen LogP contribution in [0.4, 0.5) is 0 Å². The van der Waals surface area contributed by atoms with Gasteiger partial charge in [0.15, 0.2) is 0 Å². The zero-order valence-electron chi connectivity index (χ0n) is 13.7. The van der Waals surface area contributed by atoms with Gasteiger partial charge in [-0.05, 0) is 73.7 Å². The van der Waals surface area contributed by atoms with Crippen molar-refractivity contribution in [2.24, 2.45) is 0 Å². The second-order valence-corrected chi connectivity index (χ2v) is 7.40. The summed E-state index contributed by atoms with van der Waals surface area (Å²) in [5.41, 5.74) is 2.33. The van der Waals surface area contributed by atoms with E-state index in [0.717, 1.165) is 36.6 Å². The van der Waals surface area contributed by atoms with Crippen LogP contribution in [0.2, 0.25) is 10.0 Å². The van der Waals surface area contributed by atoms with Gasteiger partial charge in [0.05, 0.1) is 6.10 Å². The highest BCUT2D eigenvalue weighted by Gasteiger charge is 2.21. The van der Waals surface area contributed by atoms with E-state index in [0.29, 0.717) is 10.9 Å². The summed E-state index contributed by atoms with van der Waals surface area (Å²) in [7, 11) is 0. The SMILES string of the molecule is OC(CCN1CCC(c2ccc(Cl)cc2)CC1)c1ccc(Cl)cc1. The molecule has 1 saturated heterocycles. The van der Waals surface area contributed by atoms with E-state index in [-0.39, 0.29) is 0 Å². The third-order valence-corrected chi connectivity index (χ3v) is 5.41. The smallest absolute Gasteiger partial charge is 0.0802 e. The average molecular weight is 364 g/mol. The topological polar surface area (TPSA) is 23.5 Å². The van der Waals surface area contributed by atoms with Crippen molar-refractivity contribution in [3.63, 3.8) is 0 Å². The second kappa shape index (κ2) is 8.35. The van der Waals surface area contributed by atoms with Crippen LogP contribution in [0.15, 0.2) is 48.5 Å². The van der Waals surface area contributed by atoms with Crippen molar-refractivity contribution in [3.05, 3.63) is 69.7 Å². The van der Waals surface area contributed by atoms with Crippen LogP contribution in [0.3, 0.4) is 0 Å². The molecule has 2 nitrogen and oxygen atoms in total. The predicted molar refractivity (Wildman–Crippen MR) is 101 cm³/mol. The molecule has 0 amide bonds. The quantitative estimate of drug-likeness (QED) is 0.779. The van der Waals surface area contributed by atoms with Crippen LogP contribution in [0.1, 0.15) is 42.4 Å². The van der Waals surface area contributed by atoms with Gasteiger partial charge in [0, 0.05) is 16.6 Å². The maximum Gasteiger partial charge on any atom is 0.0802 e. The fourth-order valence-electron chi connectivity index (χ4n) is 3.38. The summed E-state index contributed by atoms with van der Waals surface area (Å²) in [6.45, 7) is 3.10. The Balaban J connectivity index is 1.45. The Bertz CT molecular complexity index is 634. The summed E-state index contributed by atoms with van der Waals surface area (Å²) in [6, 6.07) is 15.7. The minimum absolute atomic E-state index is 0.420. The maximum absolute atomic E-state index is 10.3. The summed E-state index contributed by atoms with van der Waals surface area (Å²) in [5, 5.41) is 11.8. The van der Waals surface area contributed by atoms with Gasteiger partial charge in [0.1, 0.15) is 0 Å². The zero-order valence-corrected chi connectivity index (χ0v) is 15.2. The molecule has 1 N–H and O–H groups in total. The van der Waals surface area contributed by atoms with Crippen LogP contribution in [0.25, 0.3) is 0 Å². The molecule has 4 heteroatoms. The molecule has 1 aliphatic rings. The van der Waals surface area contributed by atoms with Crippen LogP contribution < -0.4 is 0 Å². The van der Waals surface area contributed by atoms with Crippen LogP contribution in [-0.2, 0) is 0 Å². The first kappa shape index (κ1) is 17.8. The van der Waals surface area contributed by atoms with Gasteiger partial charge < -0.3 is 10.0 Å². The average Bonchev–Trinajstić information content (AvgIpc) is 2.61. The molecule has 2 aromatic rings. The highest BCUT2D eigenvalue weighted by molar-refractivity contribution is 6.30. The summed E-state index contributed by atoms with van der Waals surface area (Å²) in [4.78, 5) is 2.45. The van der Waals surface area contributed by atoms with Gasteiger partial charge in [0.25, 0.3) is 0 Å². The molecule has 0 radical (unpaired) electrons. The summed E-state index contributed by atoms with van der Waals surface area (Å²) in [5.74, 6) is 0.625. The van der Waals surface area contributed by atoms with Crippen LogP contribution in [-0.4, -0.2) is 29.6 Å². The van der Waals surface area contributed by atoms with Gasteiger partial charge in [-0.25, -0.2) is 0 Å². The largest absolute Gasteiger partial charge is 0.388 e. The highest BCUT2D eigenvalue weighted by Crippen LogP contribution is 2.29.